The fourth-order valence-corrected chi connectivity index (χ4v) is 1.64. The molecule has 0 saturated heterocycles. The summed E-state index contributed by atoms with van der Waals surface area (Å²) in [5.41, 5.74) is 1.09. The van der Waals surface area contributed by atoms with Crippen LogP contribution in [-0.4, -0.2) is 18.5 Å². The maximum Gasteiger partial charge on any atom is 0.216 e. The van der Waals surface area contributed by atoms with Gasteiger partial charge >= 0.3 is 0 Å². The van der Waals surface area contributed by atoms with Crippen LogP contribution < -0.4 is 0 Å². The van der Waals surface area contributed by atoms with Crippen LogP contribution in [0.2, 0.25) is 0 Å². The SMILES string of the molecule is CCCC1COC(c2ccccc2)=N1. The van der Waals surface area contributed by atoms with Crippen molar-refractivity contribution in [1.29, 1.82) is 0 Å². The molecular weight excluding hydrogens is 174 g/mol. The van der Waals surface area contributed by atoms with Crippen molar-refractivity contribution >= 4 is 5.90 Å². The van der Waals surface area contributed by atoms with Gasteiger partial charge < -0.3 is 4.74 Å². The van der Waals surface area contributed by atoms with Gasteiger partial charge in [0.1, 0.15) is 6.61 Å². The van der Waals surface area contributed by atoms with Gasteiger partial charge in [-0.2, -0.15) is 0 Å². The molecule has 0 spiro atoms. The van der Waals surface area contributed by atoms with E-state index in [1.165, 1.54) is 6.42 Å². The number of rotatable bonds is 3. The molecule has 0 N–H and O–H groups in total. The third-order valence-electron chi connectivity index (χ3n) is 2.35. The van der Waals surface area contributed by atoms with Crippen LogP contribution in [0.3, 0.4) is 0 Å². The minimum atomic E-state index is 0.371. The highest BCUT2D eigenvalue weighted by molar-refractivity contribution is 5.95. The van der Waals surface area contributed by atoms with Crippen LogP contribution in [0.1, 0.15) is 25.3 Å². The van der Waals surface area contributed by atoms with Crippen LogP contribution in [0.4, 0.5) is 0 Å². The molecule has 1 aliphatic rings. The first kappa shape index (κ1) is 9.25. The van der Waals surface area contributed by atoms with E-state index < -0.39 is 0 Å². The van der Waals surface area contributed by atoms with Crippen molar-refractivity contribution in [3.63, 3.8) is 0 Å². The van der Waals surface area contributed by atoms with Gasteiger partial charge in [-0.15, -0.1) is 0 Å². The molecule has 0 amide bonds. The Morgan fingerprint density at radius 1 is 1.36 bits per heavy atom. The Balaban J connectivity index is 2.10. The maximum absolute atomic E-state index is 5.55. The molecule has 1 heterocycles. The summed E-state index contributed by atoms with van der Waals surface area (Å²) in [7, 11) is 0. The highest BCUT2D eigenvalue weighted by Gasteiger charge is 2.18. The molecule has 1 aromatic carbocycles. The van der Waals surface area contributed by atoms with E-state index in [0.717, 1.165) is 24.5 Å². The Bertz CT molecular complexity index is 318. The molecule has 74 valence electrons. The fourth-order valence-electron chi connectivity index (χ4n) is 1.64. The first-order valence-electron chi connectivity index (χ1n) is 5.16. The van der Waals surface area contributed by atoms with Crippen LogP contribution in [-0.2, 0) is 4.74 Å². The Morgan fingerprint density at radius 3 is 2.86 bits per heavy atom. The summed E-state index contributed by atoms with van der Waals surface area (Å²) in [5, 5.41) is 0. The van der Waals surface area contributed by atoms with E-state index in [1.807, 2.05) is 30.3 Å². The molecule has 1 atom stereocenters. The third kappa shape index (κ3) is 1.95. The van der Waals surface area contributed by atoms with E-state index in [2.05, 4.69) is 11.9 Å². The van der Waals surface area contributed by atoms with E-state index >= 15 is 0 Å². The average molecular weight is 189 g/mol. The lowest BCUT2D eigenvalue weighted by Gasteiger charge is -2.00. The van der Waals surface area contributed by atoms with Gasteiger partial charge in [-0.1, -0.05) is 31.5 Å². The minimum absolute atomic E-state index is 0.371. The van der Waals surface area contributed by atoms with E-state index in [1.54, 1.807) is 0 Å². The molecule has 0 fully saturated rings. The highest BCUT2D eigenvalue weighted by Crippen LogP contribution is 2.14. The third-order valence-corrected chi connectivity index (χ3v) is 2.35. The van der Waals surface area contributed by atoms with E-state index in [4.69, 9.17) is 4.74 Å². The molecule has 1 aliphatic heterocycles. The van der Waals surface area contributed by atoms with E-state index in [0.29, 0.717) is 6.04 Å². The van der Waals surface area contributed by atoms with Gasteiger partial charge in [0.2, 0.25) is 5.90 Å². The number of hydrogen-bond donors (Lipinski definition) is 0. The summed E-state index contributed by atoms with van der Waals surface area (Å²) in [4.78, 5) is 4.54. The van der Waals surface area contributed by atoms with Crippen molar-refractivity contribution in [3.8, 4) is 0 Å². The average Bonchev–Trinajstić information content (AvgIpc) is 2.68. The molecule has 2 heteroatoms. The van der Waals surface area contributed by atoms with Crippen molar-refractivity contribution in [3.05, 3.63) is 35.9 Å². The molecule has 1 unspecified atom stereocenters. The largest absolute Gasteiger partial charge is 0.475 e. The van der Waals surface area contributed by atoms with Crippen molar-refractivity contribution in [1.82, 2.24) is 0 Å². The minimum Gasteiger partial charge on any atom is -0.475 e. The molecule has 0 bridgehead atoms. The molecule has 0 saturated carbocycles. The lowest BCUT2D eigenvalue weighted by atomic mass is 10.2. The Labute approximate surface area is 84.6 Å². The number of nitrogens with zero attached hydrogens (tertiary/aromatic N) is 1. The zero-order valence-electron chi connectivity index (χ0n) is 8.44. The Morgan fingerprint density at radius 2 is 2.14 bits per heavy atom. The topological polar surface area (TPSA) is 21.6 Å². The predicted molar refractivity (Wildman–Crippen MR) is 57.6 cm³/mol. The molecule has 0 radical (unpaired) electrons. The molecular formula is C12H15NO. The van der Waals surface area contributed by atoms with Gasteiger partial charge in [-0.3, -0.25) is 0 Å². The standard InChI is InChI=1S/C12H15NO/c1-2-6-11-9-14-12(13-11)10-7-4-3-5-8-10/h3-5,7-8,11H,2,6,9H2,1H3. The van der Waals surface area contributed by atoms with E-state index in [-0.39, 0.29) is 0 Å². The summed E-state index contributed by atoms with van der Waals surface area (Å²) >= 11 is 0. The summed E-state index contributed by atoms with van der Waals surface area (Å²) in [6.07, 6.45) is 2.29. The second kappa shape index (κ2) is 4.27. The van der Waals surface area contributed by atoms with Crippen LogP contribution in [0.5, 0.6) is 0 Å². The van der Waals surface area contributed by atoms with Gasteiger partial charge in [0.25, 0.3) is 0 Å². The number of ether oxygens (including phenoxy) is 1. The first-order chi connectivity index (χ1) is 6.90. The normalized spacial score (nSPS) is 20.4. The Kier molecular flexibility index (Phi) is 2.82. The second-order valence-corrected chi connectivity index (χ2v) is 3.55. The van der Waals surface area contributed by atoms with Crippen LogP contribution >= 0.6 is 0 Å². The van der Waals surface area contributed by atoms with Crippen LogP contribution in [0.15, 0.2) is 35.3 Å². The number of hydrogen-bond acceptors (Lipinski definition) is 2. The number of benzene rings is 1. The van der Waals surface area contributed by atoms with Gasteiger partial charge in [0.05, 0.1) is 6.04 Å². The van der Waals surface area contributed by atoms with Gasteiger partial charge in [0, 0.05) is 5.56 Å². The maximum atomic E-state index is 5.55. The van der Waals surface area contributed by atoms with Crippen molar-refractivity contribution in [2.75, 3.05) is 6.61 Å². The quantitative estimate of drug-likeness (QED) is 0.716. The zero-order chi connectivity index (χ0) is 9.80. The Hall–Kier alpha value is -1.31. The van der Waals surface area contributed by atoms with Crippen molar-refractivity contribution in [2.24, 2.45) is 4.99 Å². The molecule has 0 aliphatic carbocycles. The lowest BCUT2D eigenvalue weighted by molar-refractivity contribution is 0.311. The van der Waals surface area contributed by atoms with Gasteiger partial charge in [-0.05, 0) is 18.6 Å². The van der Waals surface area contributed by atoms with E-state index in [9.17, 15) is 0 Å². The molecule has 2 rings (SSSR count). The monoisotopic (exact) mass is 189 g/mol. The van der Waals surface area contributed by atoms with Gasteiger partial charge in [-0.25, -0.2) is 4.99 Å². The van der Waals surface area contributed by atoms with Crippen LogP contribution in [0, 0.1) is 0 Å². The molecule has 1 aromatic rings. The molecule has 14 heavy (non-hydrogen) atoms. The van der Waals surface area contributed by atoms with Crippen molar-refractivity contribution < 1.29 is 4.74 Å². The summed E-state index contributed by atoms with van der Waals surface area (Å²) < 4.78 is 5.55. The highest BCUT2D eigenvalue weighted by atomic mass is 16.5. The lowest BCUT2D eigenvalue weighted by Crippen LogP contribution is -2.05. The van der Waals surface area contributed by atoms with Crippen molar-refractivity contribution in [2.45, 2.75) is 25.8 Å². The summed E-state index contributed by atoms with van der Waals surface area (Å²) in [6.45, 7) is 2.92. The fraction of sp³-hybridized carbons (Fsp3) is 0.417. The smallest absolute Gasteiger partial charge is 0.216 e. The summed E-state index contributed by atoms with van der Waals surface area (Å²) in [5.74, 6) is 0.809. The van der Waals surface area contributed by atoms with Gasteiger partial charge in [0.15, 0.2) is 0 Å². The zero-order valence-corrected chi connectivity index (χ0v) is 8.44. The molecule has 2 nitrogen and oxygen atoms in total. The van der Waals surface area contributed by atoms with Crippen LogP contribution in [0.25, 0.3) is 0 Å². The second-order valence-electron chi connectivity index (χ2n) is 3.55. The first-order valence-corrected chi connectivity index (χ1v) is 5.16. The predicted octanol–water partition coefficient (Wildman–Crippen LogP) is 2.63. The summed E-state index contributed by atoms with van der Waals surface area (Å²) in [6, 6.07) is 10.5. The molecule has 0 aromatic heterocycles. The number of aliphatic imine (C=N–C) groups is 1.